The third-order valence-electron chi connectivity index (χ3n) is 5.16. The second kappa shape index (κ2) is 5.92. The lowest BCUT2D eigenvalue weighted by atomic mass is 9.99. The zero-order chi connectivity index (χ0) is 16.7. The van der Waals surface area contributed by atoms with Crippen molar-refractivity contribution in [1.82, 2.24) is 14.7 Å². The summed E-state index contributed by atoms with van der Waals surface area (Å²) < 4.78 is 20.5. The van der Waals surface area contributed by atoms with Gasteiger partial charge in [-0.25, -0.2) is 4.39 Å². The molecule has 3 atom stereocenters. The quantitative estimate of drug-likeness (QED) is 0.866. The number of hydrogen-bond donors (Lipinski definition) is 0. The van der Waals surface area contributed by atoms with Crippen LogP contribution in [0.2, 0.25) is 0 Å². The first-order valence-electron chi connectivity index (χ1n) is 8.31. The minimum atomic E-state index is -0.282. The van der Waals surface area contributed by atoms with Crippen LogP contribution in [0.5, 0.6) is 5.75 Å². The monoisotopic (exact) mass is 329 g/mol. The normalized spacial score (nSPS) is 25.2. The lowest BCUT2D eigenvalue weighted by Crippen LogP contribution is -2.47. The molecule has 2 bridgehead atoms. The number of rotatable bonds is 4. The first-order valence-corrected chi connectivity index (χ1v) is 8.31. The first-order chi connectivity index (χ1) is 11.6. The van der Waals surface area contributed by atoms with Crippen LogP contribution in [0.3, 0.4) is 0 Å². The number of amides is 1. The topological polar surface area (TPSA) is 47.4 Å². The third kappa shape index (κ3) is 2.66. The van der Waals surface area contributed by atoms with Crippen molar-refractivity contribution >= 4 is 5.91 Å². The molecule has 1 saturated heterocycles. The van der Waals surface area contributed by atoms with E-state index in [1.807, 2.05) is 11.9 Å². The van der Waals surface area contributed by atoms with Crippen molar-refractivity contribution in [2.45, 2.75) is 31.3 Å². The second-order valence-electron chi connectivity index (χ2n) is 6.67. The zero-order valence-electron chi connectivity index (χ0n) is 13.6. The maximum absolute atomic E-state index is 13.0. The molecule has 1 aliphatic heterocycles. The molecule has 1 aromatic carbocycles. The van der Waals surface area contributed by atoms with E-state index in [0.717, 1.165) is 19.3 Å². The number of ether oxygens (including phenoxy) is 1. The number of halogens is 1. The lowest BCUT2D eigenvalue weighted by Gasteiger charge is -2.35. The molecule has 0 N–H and O–H groups in total. The predicted octanol–water partition coefficient (Wildman–Crippen LogP) is 2.63. The Kier molecular flexibility index (Phi) is 3.75. The number of aromatic nitrogens is 2. The Morgan fingerprint density at radius 3 is 2.83 bits per heavy atom. The standard InChI is InChI=1S/C18H20FN3O2/c1-21-10-13(9-20-21)18(23)22-15-5-2-12(8-15)17(22)11-24-16-6-3-14(19)4-7-16/h3-4,6-7,9-10,12,15,17H,2,5,8,11H2,1H3/t12-,15-,17+/m0/s1. The van der Waals surface area contributed by atoms with Gasteiger partial charge >= 0.3 is 0 Å². The van der Waals surface area contributed by atoms with Crippen LogP contribution in [0.4, 0.5) is 4.39 Å². The van der Waals surface area contributed by atoms with Crippen LogP contribution in [0.25, 0.3) is 0 Å². The molecule has 2 aliphatic rings. The van der Waals surface area contributed by atoms with E-state index in [-0.39, 0.29) is 17.8 Å². The highest BCUT2D eigenvalue weighted by molar-refractivity contribution is 5.94. The third-order valence-corrected chi connectivity index (χ3v) is 5.16. The van der Waals surface area contributed by atoms with Crippen LogP contribution in [-0.4, -0.2) is 39.3 Å². The summed E-state index contributed by atoms with van der Waals surface area (Å²) in [5.74, 6) is 0.864. The number of carbonyl (C=O) groups is 1. The minimum absolute atomic E-state index is 0.0306. The lowest BCUT2D eigenvalue weighted by molar-refractivity contribution is 0.0505. The Labute approximate surface area is 140 Å². The van der Waals surface area contributed by atoms with E-state index in [1.54, 1.807) is 29.2 Å². The average Bonchev–Trinajstić information content (AvgIpc) is 3.29. The summed E-state index contributed by atoms with van der Waals surface area (Å²) in [7, 11) is 1.81. The molecule has 24 heavy (non-hydrogen) atoms. The second-order valence-corrected chi connectivity index (χ2v) is 6.67. The molecule has 0 radical (unpaired) electrons. The van der Waals surface area contributed by atoms with Crippen molar-refractivity contribution in [2.24, 2.45) is 13.0 Å². The van der Waals surface area contributed by atoms with E-state index >= 15 is 0 Å². The van der Waals surface area contributed by atoms with Crippen LogP contribution in [0.1, 0.15) is 29.6 Å². The van der Waals surface area contributed by atoms with Gasteiger partial charge in [-0.05, 0) is 49.4 Å². The Morgan fingerprint density at radius 1 is 1.33 bits per heavy atom. The number of aryl methyl sites for hydroxylation is 1. The van der Waals surface area contributed by atoms with Crippen molar-refractivity contribution in [3.05, 3.63) is 48.0 Å². The molecule has 2 fully saturated rings. The van der Waals surface area contributed by atoms with E-state index in [1.165, 1.54) is 12.1 Å². The Bertz CT molecular complexity index is 743. The highest BCUT2D eigenvalue weighted by Gasteiger charge is 2.48. The van der Waals surface area contributed by atoms with Gasteiger partial charge in [0.25, 0.3) is 5.91 Å². The molecule has 6 heteroatoms. The largest absolute Gasteiger partial charge is 0.491 e. The van der Waals surface area contributed by atoms with Gasteiger partial charge < -0.3 is 9.64 Å². The molecule has 1 saturated carbocycles. The van der Waals surface area contributed by atoms with Crippen molar-refractivity contribution in [1.29, 1.82) is 0 Å². The van der Waals surface area contributed by atoms with Gasteiger partial charge in [0.05, 0.1) is 17.8 Å². The number of piperidine rings is 1. The summed E-state index contributed by atoms with van der Waals surface area (Å²) in [6.07, 6.45) is 6.62. The molecule has 126 valence electrons. The summed E-state index contributed by atoms with van der Waals surface area (Å²) in [6, 6.07) is 6.38. The maximum atomic E-state index is 13.0. The summed E-state index contributed by atoms with van der Waals surface area (Å²) in [4.78, 5) is 14.9. The summed E-state index contributed by atoms with van der Waals surface area (Å²) in [5.41, 5.74) is 0.622. The van der Waals surface area contributed by atoms with Crippen molar-refractivity contribution in [2.75, 3.05) is 6.61 Å². The predicted molar refractivity (Wildman–Crippen MR) is 86.2 cm³/mol. The van der Waals surface area contributed by atoms with Crippen molar-refractivity contribution < 1.29 is 13.9 Å². The minimum Gasteiger partial charge on any atom is -0.491 e. The summed E-state index contributed by atoms with van der Waals surface area (Å²) in [5, 5.41) is 4.10. The molecule has 4 rings (SSSR count). The zero-order valence-corrected chi connectivity index (χ0v) is 13.6. The van der Waals surface area contributed by atoms with Crippen LogP contribution in [0, 0.1) is 11.7 Å². The molecule has 1 amide bonds. The van der Waals surface area contributed by atoms with Crippen molar-refractivity contribution in [3.63, 3.8) is 0 Å². The van der Waals surface area contributed by atoms with Crippen LogP contribution in [0.15, 0.2) is 36.7 Å². The maximum Gasteiger partial charge on any atom is 0.257 e. The molecule has 0 unspecified atom stereocenters. The number of hydrogen-bond acceptors (Lipinski definition) is 3. The summed E-state index contributed by atoms with van der Waals surface area (Å²) >= 11 is 0. The smallest absolute Gasteiger partial charge is 0.257 e. The summed E-state index contributed by atoms with van der Waals surface area (Å²) in [6.45, 7) is 0.443. The number of benzene rings is 1. The van der Waals surface area contributed by atoms with Crippen LogP contribution in [-0.2, 0) is 7.05 Å². The van der Waals surface area contributed by atoms with E-state index in [2.05, 4.69) is 5.10 Å². The Hall–Kier alpha value is -2.37. The molecule has 0 spiro atoms. The van der Waals surface area contributed by atoms with Crippen molar-refractivity contribution in [3.8, 4) is 5.75 Å². The van der Waals surface area contributed by atoms with Crippen LogP contribution < -0.4 is 4.74 Å². The van der Waals surface area contributed by atoms with Gasteiger partial charge in [-0.3, -0.25) is 9.48 Å². The van der Waals surface area contributed by atoms with E-state index in [0.29, 0.717) is 29.9 Å². The fraction of sp³-hybridized carbons (Fsp3) is 0.444. The molecular weight excluding hydrogens is 309 g/mol. The van der Waals surface area contributed by atoms with Gasteiger partial charge in [0.1, 0.15) is 18.2 Å². The molecule has 1 aliphatic carbocycles. The van der Waals surface area contributed by atoms with E-state index < -0.39 is 0 Å². The number of likely N-dealkylation sites (tertiary alicyclic amines) is 1. The highest BCUT2D eigenvalue weighted by Crippen LogP contribution is 2.43. The van der Waals surface area contributed by atoms with Gasteiger partial charge in [0, 0.05) is 19.3 Å². The van der Waals surface area contributed by atoms with E-state index in [9.17, 15) is 9.18 Å². The average molecular weight is 329 g/mol. The Balaban J connectivity index is 1.50. The Morgan fingerprint density at radius 2 is 2.12 bits per heavy atom. The van der Waals surface area contributed by atoms with Gasteiger partial charge in [-0.15, -0.1) is 0 Å². The molecule has 5 nitrogen and oxygen atoms in total. The van der Waals surface area contributed by atoms with Gasteiger partial charge in [0.2, 0.25) is 0 Å². The van der Waals surface area contributed by atoms with Gasteiger partial charge in [0.15, 0.2) is 0 Å². The molecule has 1 aromatic heterocycles. The SMILES string of the molecule is Cn1cc(C(=O)N2[C@H]3CC[C@@H](C3)[C@H]2COc2ccc(F)cc2)cn1. The van der Waals surface area contributed by atoms with E-state index in [4.69, 9.17) is 4.74 Å². The van der Waals surface area contributed by atoms with Gasteiger partial charge in [-0.1, -0.05) is 0 Å². The van der Waals surface area contributed by atoms with Crippen LogP contribution >= 0.6 is 0 Å². The fourth-order valence-electron chi connectivity index (χ4n) is 4.02. The number of nitrogens with zero attached hydrogens (tertiary/aromatic N) is 3. The van der Waals surface area contributed by atoms with Gasteiger partial charge in [-0.2, -0.15) is 5.10 Å². The number of carbonyl (C=O) groups excluding carboxylic acids is 1. The highest BCUT2D eigenvalue weighted by atomic mass is 19.1. The molecular formula is C18H20FN3O2. The molecule has 2 aromatic rings. The fourth-order valence-corrected chi connectivity index (χ4v) is 4.02. The molecule has 2 heterocycles. The first kappa shape index (κ1) is 15.2. The number of fused-ring (bicyclic) bond motifs is 2.